The van der Waals surface area contributed by atoms with Crippen LogP contribution in [-0.4, -0.2) is 43.8 Å². The summed E-state index contributed by atoms with van der Waals surface area (Å²) in [6.07, 6.45) is -0.0218. The van der Waals surface area contributed by atoms with Crippen molar-refractivity contribution >= 4 is 50.7 Å². The fraction of sp³-hybridized carbons (Fsp3) is 0.394. The summed E-state index contributed by atoms with van der Waals surface area (Å²) in [6, 6.07) is 14.0. The van der Waals surface area contributed by atoms with Gasteiger partial charge in [0.2, 0.25) is 11.8 Å². The first-order chi connectivity index (χ1) is 21.7. The molecule has 4 rings (SSSR count). The SMILES string of the molecule is CC[C@H](C(=O)NC1CCCCC1)N(Cc1ccc(Cl)cc1)C(=O)CN(c1ccc(Cl)c(C(F)(F)F)c1)S(=O)(=O)c1ccc(C)cc1. The summed E-state index contributed by atoms with van der Waals surface area (Å²) in [5.74, 6) is -1.16. The number of amides is 2. The van der Waals surface area contributed by atoms with Crippen LogP contribution in [0.3, 0.4) is 0 Å². The molecule has 13 heteroatoms. The highest BCUT2D eigenvalue weighted by atomic mass is 35.5. The third-order valence-electron chi connectivity index (χ3n) is 8.03. The average Bonchev–Trinajstić information content (AvgIpc) is 3.01. The molecule has 3 aromatic carbocycles. The minimum absolute atomic E-state index is 0.0453. The monoisotopic (exact) mass is 697 g/mol. The molecule has 0 radical (unpaired) electrons. The van der Waals surface area contributed by atoms with Gasteiger partial charge in [0.15, 0.2) is 0 Å². The van der Waals surface area contributed by atoms with E-state index in [1.165, 1.54) is 17.0 Å². The summed E-state index contributed by atoms with van der Waals surface area (Å²) in [5, 5.41) is 2.89. The zero-order chi connectivity index (χ0) is 33.6. The van der Waals surface area contributed by atoms with Crippen molar-refractivity contribution in [2.45, 2.75) is 82.1 Å². The Balaban J connectivity index is 1.77. The van der Waals surface area contributed by atoms with Crippen LogP contribution in [0, 0.1) is 6.92 Å². The topological polar surface area (TPSA) is 86.8 Å². The third-order valence-corrected chi connectivity index (χ3v) is 10.4. The molecule has 1 N–H and O–H groups in total. The summed E-state index contributed by atoms with van der Waals surface area (Å²) < 4.78 is 70.3. The molecule has 3 aromatic rings. The number of hydrogen-bond donors (Lipinski definition) is 1. The molecule has 1 fully saturated rings. The van der Waals surface area contributed by atoms with Crippen molar-refractivity contribution in [3.63, 3.8) is 0 Å². The van der Waals surface area contributed by atoms with Gasteiger partial charge in [0.05, 0.1) is 21.2 Å². The van der Waals surface area contributed by atoms with Crippen LogP contribution in [0.15, 0.2) is 71.6 Å². The van der Waals surface area contributed by atoms with Crippen molar-refractivity contribution in [2.24, 2.45) is 0 Å². The molecule has 0 heterocycles. The van der Waals surface area contributed by atoms with E-state index in [0.717, 1.165) is 49.8 Å². The number of alkyl halides is 3. The molecule has 2 amide bonds. The highest BCUT2D eigenvalue weighted by Gasteiger charge is 2.37. The predicted molar refractivity (Wildman–Crippen MR) is 173 cm³/mol. The van der Waals surface area contributed by atoms with Crippen molar-refractivity contribution in [1.29, 1.82) is 0 Å². The van der Waals surface area contributed by atoms with Crippen molar-refractivity contribution in [3.05, 3.63) is 93.5 Å². The summed E-state index contributed by atoms with van der Waals surface area (Å²) in [5.41, 5.74) is -0.270. The lowest BCUT2D eigenvalue weighted by molar-refractivity contribution is -0.140. The van der Waals surface area contributed by atoms with Gasteiger partial charge in [0.25, 0.3) is 10.0 Å². The summed E-state index contributed by atoms with van der Waals surface area (Å²) in [6.45, 7) is 2.54. The number of halogens is 5. The van der Waals surface area contributed by atoms with Crippen LogP contribution in [0.2, 0.25) is 10.0 Å². The van der Waals surface area contributed by atoms with E-state index in [4.69, 9.17) is 23.2 Å². The van der Waals surface area contributed by atoms with Gasteiger partial charge in [-0.3, -0.25) is 13.9 Å². The molecule has 0 saturated heterocycles. The molecule has 0 aromatic heterocycles. The van der Waals surface area contributed by atoms with E-state index in [2.05, 4.69) is 5.32 Å². The number of carbonyl (C=O) groups excluding carboxylic acids is 2. The van der Waals surface area contributed by atoms with Crippen molar-refractivity contribution in [2.75, 3.05) is 10.8 Å². The lowest BCUT2D eigenvalue weighted by Crippen LogP contribution is -2.54. The van der Waals surface area contributed by atoms with Crippen LogP contribution in [-0.2, 0) is 32.3 Å². The van der Waals surface area contributed by atoms with Gasteiger partial charge in [0, 0.05) is 17.6 Å². The number of carbonyl (C=O) groups is 2. The smallest absolute Gasteiger partial charge is 0.352 e. The second kappa shape index (κ2) is 15.1. The fourth-order valence-corrected chi connectivity index (χ4v) is 7.26. The van der Waals surface area contributed by atoms with Gasteiger partial charge in [-0.1, -0.05) is 79.2 Å². The molecule has 0 bridgehead atoms. The van der Waals surface area contributed by atoms with Crippen LogP contribution >= 0.6 is 23.2 Å². The van der Waals surface area contributed by atoms with Gasteiger partial charge in [-0.2, -0.15) is 13.2 Å². The van der Waals surface area contributed by atoms with Crippen molar-refractivity contribution < 1.29 is 31.2 Å². The van der Waals surface area contributed by atoms with E-state index < -0.39 is 51.0 Å². The first-order valence-corrected chi connectivity index (χ1v) is 17.2. The summed E-state index contributed by atoms with van der Waals surface area (Å²) in [4.78, 5) is 28.9. The highest BCUT2D eigenvalue weighted by molar-refractivity contribution is 7.92. The Kier molecular flexibility index (Phi) is 11.7. The van der Waals surface area contributed by atoms with Gasteiger partial charge in [-0.25, -0.2) is 8.42 Å². The molecule has 1 saturated carbocycles. The number of nitrogens with zero attached hydrogens (tertiary/aromatic N) is 2. The molecule has 0 spiro atoms. The zero-order valence-corrected chi connectivity index (χ0v) is 27.8. The number of anilines is 1. The van der Waals surface area contributed by atoms with Gasteiger partial charge >= 0.3 is 6.18 Å². The maximum absolute atomic E-state index is 14.2. The molecule has 1 aliphatic rings. The van der Waals surface area contributed by atoms with E-state index in [-0.39, 0.29) is 29.8 Å². The number of sulfonamides is 1. The van der Waals surface area contributed by atoms with Crippen LogP contribution in [0.4, 0.5) is 18.9 Å². The molecular formula is C33H36Cl2F3N3O4S. The second-order valence-corrected chi connectivity index (χ2v) is 14.1. The Bertz CT molecular complexity index is 1630. The quantitative estimate of drug-likeness (QED) is 0.222. The van der Waals surface area contributed by atoms with Crippen molar-refractivity contribution in [3.8, 4) is 0 Å². The second-order valence-electron chi connectivity index (χ2n) is 11.4. The predicted octanol–water partition coefficient (Wildman–Crippen LogP) is 7.77. The summed E-state index contributed by atoms with van der Waals surface area (Å²) >= 11 is 11.9. The van der Waals surface area contributed by atoms with Crippen LogP contribution in [0.1, 0.15) is 62.1 Å². The minimum atomic E-state index is -4.89. The Morgan fingerprint density at radius 1 is 0.957 bits per heavy atom. The maximum Gasteiger partial charge on any atom is 0.417 e. The molecule has 0 unspecified atom stereocenters. The first kappa shape index (κ1) is 35.6. The van der Waals surface area contributed by atoms with E-state index in [9.17, 15) is 31.2 Å². The van der Waals surface area contributed by atoms with E-state index in [1.54, 1.807) is 50.2 Å². The van der Waals surface area contributed by atoms with Crippen molar-refractivity contribution in [1.82, 2.24) is 10.2 Å². The maximum atomic E-state index is 14.2. The van der Waals surface area contributed by atoms with Crippen LogP contribution in [0.25, 0.3) is 0 Å². The number of aryl methyl sites for hydroxylation is 1. The molecule has 46 heavy (non-hydrogen) atoms. The largest absolute Gasteiger partial charge is 0.417 e. The van der Waals surface area contributed by atoms with Crippen LogP contribution in [0.5, 0.6) is 0 Å². The van der Waals surface area contributed by atoms with Gasteiger partial charge in [-0.15, -0.1) is 0 Å². The van der Waals surface area contributed by atoms with E-state index >= 15 is 0 Å². The zero-order valence-electron chi connectivity index (χ0n) is 25.5. The van der Waals surface area contributed by atoms with Crippen LogP contribution < -0.4 is 9.62 Å². The number of benzene rings is 3. The van der Waals surface area contributed by atoms with E-state index in [0.29, 0.717) is 21.0 Å². The normalized spacial score (nSPS) is 14.8. The molecule has 7 nitrogen and oxygen atoms in total. The third kappa shape index (κ3) is 8.74. The van der Waals surface area contributed by atoms with Gasteiger partial charge < -0.3 is 10.2 Å². The van der Waals surface area contributed by atoms with Gasteiger partial charge in [-0.05, 0) is 74.2 Å². The molecule has 0 aliphatic heterocycles. The Labute approximate surface area is 277 Å². The number of rotatable bonds is 11. The average molecular weight is 699 g/mol. The molecule has 248 valence electrons. The van der Waals surface area contributed by atoms with E-state index in [1.807, 2.05) is 0 Å². The molecule has 1 aliphatic carbocycles. The van der Waals surface area contributed by atoms with Gasteiger partial charge in [0.1, 0.15) is 12.6 Å². The lowest BCUT2D eigenvalue weighted by Gasteiger charge is -2.34. The first-order valence-electron chi connectivity index (χ1n) is 15.0. The number of hydrogen-bond acceptors (Lipinski definition) is 4. The Morgan fingerprint density at radius 3 is 2.17 bits per heavy atom. The lowest BCUT2D eigenvalue weighted by atomic mass is 9.95. The Morgan fingerprint density at radius 2 is 1.59 bits per heavy atom. The summed E-state index contributed by atoms with van der Waals surface area (Å²) in [7, 11) is -4.57. The minimum Gasteiger partial charge on any atom is -0.352 e. The highest BCUT2D eigenvalue weighted by Crippen LogP contribution is 2.38. The Hall–Kier alpha value is -3.28. The fourth-order valence-electron chi connectivity index (χ4n) is 5.50. The number of nitrogens with one attached hydrogen (secondary N) is 1. The molecular weight excluding hydrogens is 662 g/mol. The standard InChI is InChI=1S/C33H36Cl2F3N3O4S/c1-3-30(32(43)39-25-7-5-4-6-8-25)40(20-23-11-13-24(34)14-12-23)31(42)21-41(46(44,45)27-16-9-22(2)10-17-27)26-15-18-29(35)28(19-26)33(36,37)38/h9-19,25,30H,3-8,20-21H2,1-2H3,(H,39,43)/t30-/m1/s1. The molecule has 1 atom stereocenters.